The van der Waals surface area contributed by atoms with E-state index in [0.29, 0.717) is 11.5 Å². The summed E-state index contributed by atoms with van der Waals surface area (Å²) in [6.07, 6.45) is 8.15. The van der Waals surface area contributed by atoms with E-state index in [9.17, 15) is 4.79 Å². The third kappa shape index (κ3) is 3.36. The van der Waals surface area contributed by atoms with Gasteiger partial charge in [0.1, 0.15) is 0 Å². The average molecular weight is 332 g/mol. The van der Waals surface area contributed by atoms with Crippen molar-refractivity contribution in [1.82, 2.24) is 20.1 Å². The molecule has 0 aliphatic carbocycles. The van der Waals surface area contributed by atoms with Crippen LogP contribution in [-0.2, 0) is 6.42 Å². The maximum Gasteiger partial charge on any atom is 0.255 e. The molecule has 1 aliphatic heterocycles. The van der Waals surface area contributed by atoms with Crippen molar-refractivity contribution < 1.29 is 4.79 Å². The number of carbonyl (C=O) groups excluding carboxylic acids is 1. The van der Waals surface area contributed by atoms with Crippen LogP contribution in [0.15, 0.2) is 55.0 Å². The number of nitrogens with zero attached hydrogens (tertiary/aromatic N) is 4. The van der Waals surface area contributed by atoms with Gasteiger partial charge in [0.15, 0.2) is 0 Å². The van der Waals surface area contributed by atoms with Gasteiger partial charge in [-0.05, 0) is 48.9 Å². The number of fused-ring (bicyclic) bond motifs is 1. The molecule has 3 aromatic rings. The summed E-state index contributed by atoms with van der Waals surface area (Å²) in [6, 6.07) is 12.1. The quantitative estimate of drug-likeness (QED) is 0.739. The van der Waals surface area contributed by atoms with Crippen LogP contribution >= 0.6 is 0 Å². The van der Waals surface area contributed by atoms with Crippen molar-refractivity contribution in [1.29, 1.82) is 0 Å². The Morgan fingerprint density at radius 2 is 2.04 bits per heavy atom. The third-order valence-corrected chi connectivity index (χ3v) is 4.89. The number of amides is 1. The summed E-state index contributed by atoms with van der Waals surface area (Å²) in [7, 11) is 0. The van der Waals surface area contributed by atoms with Crippen LogP contribution in [0.5, 0.6) is 0 Å². The molecule has 1 amide bonds. The van der Waals surface area contributed by atoms with Gasteiger partial charge < -0.3 is 4.90 Å². The molecular weight excluding hydrogens is 312 g/mol. The molecule has 0 radical (unpaired) electrons. The monoisotopic (exact) mass is 332 g/mol. The van der Waals surface area contributed by atoms with Crippen LogP contribution in [0.1, 0.15) is 28.8 Å². The molecule has 1 fully saturated rings. The molecule has 2 aromatic heterocycles. The maximum absolute atomic E-state index is 12.7. The number of pyridine rings is 1. The lowest BCUT2D eigenvalue weighted by Gasteiger charge is -2.33. The van der Waals surface area contributed by atoms with E-state index in [2.05, 4.69) is 33.4 Å². The molecular formula is C20H20N4O. The zero-order valence-corrected chi connectivity index (χ0v) is 14.0. The summed E-state index contributed by atoms with van der Waals surface area (Å²) in [4.78, 5) is 19.1. The molecule has 126 valence electrons. The number of aromatic nitrogens is 3. The van der Waals surface area contributed by atoms with Gasteiger partial charge in [0, 0.05) is 24.7 Å². The van der Waals surface area contributed by atoms with Gasteiger partial charge in [0.05, 0.1) is 23.5 Å². The van der Waals surface area contributed by atoms with E-state index >= 15 is 0 Å². The van der Waals surface area contributed by atoms with Crippen LogP contribution in [0.3, 0.4) is 0 Å². The number of para-hydroxylation sites is 1. The number of piperidine rings is 1. The van der Waals surface area contributed by atoms with Gasteiger partial charge in [-0.25, -0.2) is 0 Å². The Morgan fingerprint density at radius 3 is 2.92 bits per heavy atom. The SMILES string of the molecule is O=C(c1ccnnc1)N1CCC[C@H](Cc2ccnc3ccccc23)C1. The minimum absolute atomic E-state index is 0.0548. The van der Waals surface area contributed by atoms with Gasteiger partial charge in [0.25, 0.3) is 5.91 Å². The molecule has 0 unspecified atom stereocenters. The summed E-state index contributed by atoms with van der Waals surface area (Å²) in [5, 5.41) is 8.78. The van der Waals surface area contributed by atoms with Gasteiger partial charge in [-0.15, -0.1) is 0 Å². The van der Waals surface area contributed by atoms with E-state index < -0.39 is 0 Å². The van der Waals surface area contributed by atoms with Gasteiger partial charge in [-0.3, -0.25) is 9.78 Å². The van der Waals surface area contributed by atoms with E-state index in [4.69, 9.17) is 0 Å². The predicted molar refractivity (Wildman–Crippen MR) is 96.1 cm³/mol. The summed E-state index contributed by atoms with van der Waals surface area (Å²) < 4.78 is 0. The Bertz CT molecular complexity index is 876. The minimum Gasteiger partial charge on any atom is -0.338 e. The van der Waals surface area contributed by atoms with Gasteiger partial charge >= 0.3 is 0 Å². The van der Waals surface area contributed by atoms with Crippen LogP contribution < -0.4 is 0 Å². The topological polar surface area (TPSA) is 59.0 Å². The zero-order valence-electron chi connectivity index (χ0n) is 14.0. The van der Waals surface area contributed by atoms with Crippen molar-refractivity contribution in [2.75, 3.05) is 13.1 Å². The number of carbonyl (C=O) groups is 1. The van der Waals surface area contributed by atoms with Crippen molar-refractivity contribution in [2.45, 2.75) is 19.3 Å². The fourth-order valence-corrected chi connectivity index (χ4v) is 3.66. The summed E-state index contributed by atoms with van der Waals surface area (Å²) in [5.74, 6) is 0.525. The number of hydrogen-bond donors (Lipinski definition) is 0. The van der Waals surface area contributed by atoms with E-state index in [1.165, 1.54) is 10.9 Å². The Balaban J connectivity index is 1.51. The first kappa shape index (κ1) is 15.7. The second kappa shape index (κ2) is 6.97. The van der Waals surface area contributed by atoms with Crippen LogP contribution in [0.25, 0.3) is 10.9 Å². The van der Waals surface area contributed by atoms with Crippen molar-refractivity contribution in [3.63, 3.8) is 0 Å². The number of rotatable bonds is 3. The number of hydrogen-bond acceptors (Lipinski definition) is 4. The Kier molecular flexibility index (Phi) is 4.37. The molecule has 0 spiro atoms. The van der Waals surface area contributed by atoms with E-state index in [1.807, 2.05) is 23.2 Å². The van der Waals surface area contributed by atoms with Crippen molar-refractivity contribution in [3.8, 4) is 0 Å². The van der Waals surface area contributed by atoms with Crippen LogP contribution in [0, 0.1) is 5.92 Å². The lowest BCUT2D eigenvalue weighted by Crippen LogP contribution is -2.40. The second-order valence-corrected chi connectivity index (χ2v) is 6.58. The van der Waals surface area contributed by atoms with E-state index in [0.717, 1.165) is 37.9 Å². The maximum atomic E-state index is 12.7. The molecule has 1 saturated heterocycles. The standard InChI is InChI=1S/C20H20N4O/c25-20(17-8-10-22-23-13-17)24-11-3-4-15(14-24)12-16-7-9-21-19-6-2-1-5-18(16)19/h1-2,5-10,13,15H,3-4,11-12,14H2/t15-/m1/s1. The molecule has 0 N–H and O–H groups in total. The fourth-order valence-electron chi connectivity index (χ4n) is 3.66. The molecule has 1 atom stereocenters. The molecule has 25 heavy (non-hydrogen) atoms. The molecule has 1 aromatic carbocycles. The first-order valence-electron chi connectivity index (χ1n) is 8.70. The zero-order chi connectivity index (χ0) is 17.1. The average Bonchev–Trinajstić information content (AvgIpc) is 2.69. The summed E-state index contributed by atoms with van der Waals surface area (Å²) in [5.41, 5.74) is 2.96. The highest BCUT2D eigenvalue weighted by molar-refractivity contribution is 5.93. The minimum atomic E-state index is 0.0548. The smallest absolute Gasteiger partial charge is 0.255 e. The van der Waals surface area contributed by atoms with E-state index in [-0.39, 0.29) is 5.91 Å². The normalized spacial score (nSPS) is 17.6. The van der Waals surface area contributed by atoms with E-state index in [1.54, 1.807) is 18.5 Å². The number of likely N-dealkylation sites (tertiary alicyclic amines) is 1. The highest BCUT2D eigenvalue weighted by atomic mass is 16.2. The van der Waals surface area contributed by atoms with Crippen LogP contribution in [0.2, 0.25) is 0 Å². The molecule has 0 saturated carbocycles. The number of benzene rings is 1. The fraction of sp³-hybridized carbons (Fsp3) is 0.300. The van der Waals surface area contributed by atoms with Crippen LogP contribution in [0.4, 0.5) is 0 Å². The largest absolute Gasteiger partial charge is 0.338 e. The lowest BCUT2D eigenvalue weighted by molar-refractivity contribution is 0.0673. The third-order valence-electron chi connectivity index (χ3n) is 4.89. The molecule has 4 rings (SSSR count). The van der Waals surface area contributed by atoms with Crippen molar-refractivity contribution >= 4 is 16.8 Å². The Labute approximate surface area is 146 Å². The molecule has 5 nitrogen and oxygen atoms in total. The summed E-state index contributed by atoms with van der Waals surface area (Å²) >= 11 is 0. The van der Waals surface area contributed by atoms with Crippen molar-refractivity contribution in [2.24, 2.45) is 5.92 Å². The second-order valence-electron chi connectivity index (χ2n) is 6.58. The van der Waals surface area contributed by atoms with Crippen LogP contribution in [-0.4, -0.2) is 39.1 Å². The Hall–Kier alpha value is -2.82. The molecule has 3 heterocycles. The van der Waals surface area contributed by atoms with Crippen molar-refractivity contribution in [3.05, 3.63) is 66.1 Å². The highest BCUT2D eigenvalue weighted by Crippen LogP contribution is 2.25. The molecule has 0 bridgehead atoms. The first-order chi connectivity index (χ1) is 12.3. The summed E-state index contributed by atoms with van der Waals surface area (Å²) in [6.45, 7) is 1.60. The van der Waals surface area contributed by atoms with Gasteiger partial charge in [-0.2, -0.15) is 10.2 Å². The predicted octanol–water partition coefficient (Wildman–Crippen LogP) is 3.12. The molecule has 5 heteroatoms. The van der Waals surface area contributed by atoms with Gasteiger partial charge in [0.2, 0.25) is 0 Å². The first-order valence-corrected chi connectivity index (χ1v) is 8.70. The highest BCUT2D eigenvalue weighted by Gasteiger charge is 2.25. The lowest BCUT2D eigenvalue weighted by atomic mass is 9.90. The molecule has 1 aliphatic rings. The van der Waals surface area contributed by atoms with Gasteiger partial charge in [-0.1, -0.05) is 18.2 Å². The Morgan fingerprint density at radius 1 is 1.12 bits per heavy atom.